The number of carbonyl (C=O) groups is 1. The van der Waals surface area contributed by atoms with E-state index in [1.165, 1.54) is 19.3 Å². The molecule has 114 valence electrons. The summed E-state index contributed by atoms with van der Waals surface area (Å²) >= 11 is 0. The molecule has 3 heteroatoms. The highest BCUT2D eigenvalue weighted by Gasteiger charge is 2.60. The zero-order chi connectivity index (χ0) is 15.3. The summed E-state index contributed by atoms with van der Waals surface area (Å²) in [6.45, 7) is 8.00. The van der Waals surface area contributed by atoms with Gasteiger partial charge in [-0.25, -0.2) is 4.79 Å². The van der Waals surface area contributed by atoms with Crippen LogP contribution in [0.25, 0.3) is 0 Å². The molecule has 2 saturated carbocycles. The molecule has 0 heterocycles. The Hall–Kier alpha value is -1.35. The molecule has 2 N–H and O–H groups in total. The molecule has 0 aromatic heterocycles. The van der Waals surface area contributed by atoms with Crippen LogP contribution in [-0.4, -0.2) is 17.1 Å². The Morgan fingerprint density at radius 3 is 2.71 bits per heavy atom. The van der Waals surface area contributed by atoms with Crippen molar-refractivity contribution in [3.63, 3.8) is 0 Å². The molecule has 2 bridgehead atoms. The monoisotopic (exact) mass is 287 g/mol. The number of aromatic carboxylic acids is 1. The Morgan fingerprint density at radius 1 is 1.38 bits per heavy atom. The van der Waals surface area contributed by atoms with Gasteiger partial charge in [0.2, 0.25) is 0 Å². The summed E-state index contributed by atoms with van der Waals surface area (Å²) in [6, 6.07) is 7.79. The third-order valence-electron chi connectivity index (χ3n) is 6.52. The van der Waals surface area contributed by atoms with Crippen molar-refractivity contribution in [2.75, 3.05) is 0 Å². The van der Waals surface area contributed by atoms with Crippen LogP contribution in [0, 0.1) is 16.7 Å². The van der Waals surface area contributed by atoms with E-state index in [0.717, 1.165) is 18.0 Å². The molecule has 3 nitrogen and oxygen atoms in total. The van der Waals surface area contributed by atoms with Crippen molar-refractivity contribution in [1.29, 1.82) is 0 Å². The summed E-state index contributed by atoms with van der Waals surface area (Å²) in [5.41, 5.74) is 2.20. The van der Waals surface area contributed by atoms with Crippen LogP contribution >= 0.6 is 0 Å². The van der Waals surface area contributed by atoms with Gasteiger partial charge in [0.15, 0.2) is 0 Å². The molecule has 0 saturated heterocycles. The molecule has 2 aliphatic rings. The highest BCUT2D eigenvalue weighted by Crippen LogP contribution is 2.65. The van der Waals surface area contributed by atoms with Gasteiger partial charge in [-0.1, -0.05) is 32.9 Å². The Balaban J connectivity index is 1.69. The predicted molar refractivity (Wildman–Crippen MR) is 83.3 cm³/mol. The second-order valence-electron chi connectivity index (χ2n) is 7.55. The first-order chi connectivity index (χ1) is 9.84. The van der Waals surface area contributed by atoms with Crippen LogP contribution in [0.3, 0.4) is 0 Å². The second-order valence-corrected chi connectivity index (χ2v) is 7.55. The molecule has 0 aliphatic heterocycles. The molecule has 2 fully saturated rings. The smallest absolute Gasteiger partial charge is 0.335 e. The largest absolute Gasteiger partial charge is 0.478 e. The van der Waals surface area contributed by atoms with E-state index in [1.807, 2.05) is 12.1 Å². The molecular weight excluding hydrogens is 262 g/mol. The summed E-state index contributed by atoms with van der Waals surface area (Å²) in [6.07, 6.45) is 3.91. The summed E-state index contributed by atoms with van der Waals surface area (Å²) < 4.78 is 0. The molecule has 3 atom stereocenters. The molecule has 21 heavy (non-hydrogen) atoms. The third kappa shape index (κ3) is 2.18. The first-order valence-electron chi connectivity index (χ1n) is 7.90. The highest BCUT2D eigenvalue weighted by molar-refractivity contribution is 5.87. The van der Waals surface area contributed by atoms with Gasteiger partial charge in [0, 0.05) is 12.6 Å². The minimum absolute atomic E-state index is 0.363. The Labute approximate surface area is 126 Å². The molecule has 1 aromatic carbocycles. The zero-order valence-corrected chi connectivity index (χ0v) is 13.1. The fourth-order valence-electron chi connectivity index (χ4n) is 4.57. The Morgan fingerprint density at radius 2 is 2.14 bits per heavy atom. The van der Waals surface area contributed by atoms with E-state index >= 15 is 0 Å². The molecule has 1 aromatic rings. The SMILES string of the molecule is CC1(C)C2CCC1(C)C(NCc1cccc(C(=O)O)c1)C2. The van der Waals surface area contributed by atoms with Crippen molar-refractivity contribution in [3.8, 4) is 0 Å². The highest BCUT2D eigenvalue weighted by atomic mass is 16.4. The minimum atomic E-state index is -0.857. The summed E-state index contributed by atoms with van der Waals surface area (Å²) in [5, 5.41) is 12.8. The van der Waals surface area contributed by atoms with Gasteiger partial charge in [0.1, 0.15) is 0 Å². The van der Waals surface area contributed by atoms with Crippen molar-refractivity contribution in [1.82, 2.24) is 5.32 Å². The van der Waals surface area contributed by atoms with Gasteiger partial charge in [-0.05, 0) is 53.7 Å². The Bertz CT molecular complexity index is 566. The molecule has 3 unspecified atom stereocenters. The lowest BCUT2D eigenvalue weighted by molar-refractivity contribution is 0.0696. The standard InChI is InChI=1S/C18H25NO2/c1-17(2)14-7-8-18(17,3)15(10-14)19-11-12-5-4-6-13(9-12)16(20)21/h4-6,9,14-15,19H,7-8,10-11H2,1-3H3,(H,20,21). The van der Waals surface area contributed by atoms with Gasteiger partial charge >= 0.3 is 5.97 Å². The van der Waals surface area contributed by atoms with Crippen LogP contribution in [-0.2, 0) is 6.54 Å². The maximum Gasteiger partial charge on any atom is 0.335 e. The van der Waals surface area contributed by atoms with Gasteiger partial charge in [0.25, 0.3) is 0 Å². The molecule has 0 radical (unpaired) electrons. The lowest BCUT2D eigenvalue weighted by atomic mass is 9.69. The minimum Gasteiger partial charge on any atom is -0.478 e. The quantitative estimate of drug-likeness (QED) is 0.888. The summed E-state index contributed by atoms with van der Waals surface area (Å²) in [5.74, 6) is -0.0322. The number of carboxylic acids is 1. The molecule has 3 rings (SSSR count). The van der Waals surface area contributed by atoms with Gasteiger partial charge in [-0.2, -0.15) is 0 Å². The van der Waals surface area contributed by atoms with E-state index in [9.17, 15) is 4.79 Å². The number of hydrogen-bond donors (Lipinski definition) is 2. The average molecular weight is 287 g/mol. The maximum absolute atomic E-state index is 11.0. The molecule has 0 amide bonds. The van der Waals surface area contributed by atoms with Crippen molar-refractivity contribution >= 4 is 5.97 Å². The van der Waals surface area contributed by atoms with Gasteiger partial charge in [-0.15, -0.1) is 0 Å². The number of benzene rings is 1. The normalized spacial score (nSPS) is 33.3. The predicted octanol–water partition coefficient (Wildman–Crippen LogP) is 3.69. The maximum atomic E-state index is 11.0. The van der Waals surface area contributed by atoms with E-state index in [4.69, 9.17) is 5.11 Å². The van der Waals surface area contributed by atoms with Crippen LogP contribution < -0.4 is 5.32 Å². The van der Waals surface area contributed by atoms with Crippen LogP contribution in [0.4, 0.5) is 0 Å². The molecular formula is C18H25NO2. The number of rotatable bonds is 4. The van der Waals surface area contributed by atoms with E-state index in [-0.39, 0.29) is 0 Å². The van der Waals surface area contributed by atoms with Crippen LogP contribution in [0.1, 0.15) is 56.0 Å². The van der Waals surface area contributed by atoms with E-state index in [0.29, 0.717) is 22.4 Å². The first kappa shape index (κ1) is 14.6. The second kappa shape index (κ2) is 4.84. The van der Waals surface area contributed by atoms with Crippen LogP contribution in [0.2, 0.25) is 0 Å². The van der Waals surface area contributed by atoms with Crippen molar-refractivity contribution in [2.45, 2.75) is 52.6 Å². The summed E-state index contributed by atoms with van der Waals surface area (Å²) in [4.78, 5) is 11.0. The van der Waals surface area contributed by atoms with Crippen molar-refractivity contribution in [3.05, 3.63) is 35.4 Å². The molecule has 2 aliphatic carbocycles. The van der Waals surface area contributed by atoms with Crippen molar-refractivity contribution in [2.24, 2.45) is 16.7 Å². The molecule has 0 spiro atoms. The topological polar surface area (TPSA) is 49.3 Å². The fourth-order valence-corrected chi connectivity index (χ4v) is 4.57. The number of nitrogens with one attached hydrogen (secondary N) is 1. The number of fused-ring (bicyclic) bond motifs is 2. The zero-order valence-electron chi connectivity index (χ0n) is 13.1. The average Bonchev–Trinajstić information content (AvgIpc) is 2.78. The number of hydrogen-bond acceptors (Lipinski definition) is 2. The van der Waals surface area contributed by atoms with Gasteiger partial charge in [0.05, 0.1) is 5.56 Å². The van der Waals surface area contributed by atoms with E-state index in [2.05, 4.69) is 26.1 Å². The van der Waals surface area contributed by atoms with Gasteiger partial charge < -0.3 is 10.4 Å². The Kier molecular flexibility index (Phi) is 3.36. The van der Waals surface area contributed by atoms with Crippen LogP contribution in [0.5, 0.6) is 0 Å². The third-order valence-corrected chi connectivity index (χ3v) is 6.52. The lowest BCUT2D eigenvalue weighted by Crippen LogP contribution is -2.44. The van der Waals surface area contributed by atoms with Gasteiger partial charge in [-0.3, -0.25) is 0 Å². The first-order valence-corrected chi connectivity index (χ1v) is 7.90. The lowest BCUT2D eigenvalue weighted by Gasteiger charge is -2.39. The van der Waals surface area contributed by atoms with E-state index in [1.54, 1.807) is 12.1 Å². The van der Waals surface area contributed by atoms with E-state index < -0.39 is 5.97 Å². The fraction of sp³-hybridized carbons (Fsp3) is 0.611. The van der Waals surface area contributed by atoms with Crippen molar-refractivity contribution < 1.29 is 9.90 Å². The van der Waals surface area contributed by atoms with Crippen LogP contribution in [0.15, 0.2) is 24.3 Å². The summed E-state index contributed by atoms with van der Waals surface area (Å²) in [7, 11) is 0. The number of carboxylic acid groups (broad SMARTS) is 1.